The Kier molecular flexibility index (Phi) is 5.71. The highest BCUT2D eigenvalue weighted by Crippen LogP contribution is 2.25. The van der Waals surface area contributed by atoms with Gasteiger partial charge in [-0.15, -0.1) is 0 Å². The van der Waals surface area contributed by atoms with Crippen molar-refractivity contribution in [1.82, 2.24) is 4.90 Å². The Morgan fingerprint density at radius 2 is 1.92 bits per heavy atom. The summed E-state index contributed by atoms with van der Waals surface area (Å²) in [6.07, 6.45) is 1.97. The molecule has 0 bridgehead atoms. The molecule has 0 N–H and O–H groups in total. The van der Waals surface area contributed by atoms with Crippen LogP contribution < -0.4 is 4.74 Å². The van der Waals surface area contributed by atoms with Crippen LogP contribution in [0.4, 0.5) is 0 Å². The maximum absolute atomic E-state index is 12.9. The highest BCUT2D eigenvalue weighted by molar-refractivity contribution is 5.94. The molecule has 0 saturated carbocycles. The largest absolute Gasteiger partial charge is 0.497 e. The van der Waals surface area contributed by atoms with Gasteiger partial charge in [-0.1, -0.05) is 36.4 Å². The Morgan fingerprint density at radius 3 is 2.64 bits per heavy atom. The SMILES string of the molecule is COc1cccc(C(=O)N2CC[C@@H](OC)[C@H](Cc3ccccc3)C2)c1. The van der Waals surface area contributed by atoms with Crippen LogP contribution in [0.25, 0.3) is 0 Å². The molecule has 1 aliphatic rings. The van der Waals surface area contributed by atoms with Crippen molar-refractivity contribution < 1.29 is 14.3 Å². The fourth-order valence-corrected chi connectivity index (χ4v) is 3.56. The van der Waals surface area contributed by atoms with Crippen LogP contribution in [0, 0.1) is 5.92 Å². The summed E-state index contributed by atoms with van der Waals surface area (Å²) in [6, 6.07) is 17.8. The van der Waals surface area contributed by atoms with Crippen molar-refractivity contribution in [3.63, 3.8) is 0 Å². The van der Waals surface area contributed by atoms with Crippen molar-refractivity contribution in [3.05, 3.63) is 65.7 Å². The summed E-state index contributed by atoms with van der Waals surface area (Å²) in [4.78, 5) is 14.8. The fourth-order valence-electron chi connectivity index (χ4n) is 3.56. The lowest BCUT2D eigenvalue weighted by Gasteiger charge is -2.38. The Labute approximate surface area is 149 Å². The zero-order chi connectivity index (χ0) is 17.6. The van der Waals surface area contributed by atoms with Gasteiger partial charge in [0.15, 0.2) is 0 Å². The number of ether oxygens (including phenoxy) is 2. The van der Waals surface area contributed by atoms with Gasteiger partial charge in [0, 0.05) is 31.7 Å². The van der Waals surface area contributed by atoms with Gasteiger partial charge in [-0.05, 0) is 36.6 Å². The van der Waals surface area contributed by atoms with Gasteiger partial charge in [-0.25, -0.2) is 0 Å². The van der Waals surface area contributed by atoms with Crippen LogP contribution in [-0.4, -0.2) is 44.2 Å². The Bertz CT molecular complexity index is 701. The van der Waals surface area contributed by atoms with E-state index < -0.39 is 0 Å². The van der Waals surface area contributed by atoms with Gasteiger partial charge in [0.2, 0.25) is 0 Å². The van der Waals surface area contributed by atoms with E-state index in [1.807, 2.05) is 29.2 Å². The second kappa shape index (κ2) is 8.17. The lowest BCUT2D eigenvalue weighted by molar-refractivity contribution is -0.00300. The van der Waals surface area contributed by atoms with Crippen LogP contribution in [0.15, 0.2) is 54.6 Å². The molecule has 0 spiro atoms. The molecule has 0 radical (unpaired) electrons. The molecular formula is C21H25NO3. The number of hydrogen-bond acceptors (Lipinski definition) is 3. The highest BCUT2D eigenvalue weighted by Gasteiger charge is 2.32. The summed E-state index contributed by atoms with van der Waals surface area (Å²) < 4.78 is 10.9. The van der Waals surface area contributed by atoms with Crippen LogP contribution in [-0.2, 0) is 11.2 Å². The van der Waals surface area contributed by atoms with Crippen molar-refractivity contribution in [3.8, 4) is 5.75 Å². The van der Waals surface area contributed by atoms with Gasteiger partial charge in [0.25, 0.3) is 5.91 Å². The van der Waals surface area contributed by atoms with E-state index in [2.05, 4.69) is 24.3 Å². The van der Waals surface area contributed by atoms with E-state index in [-0.39, 0.29) is 12.0 Å². The molecule has 0 aromatic heterocycles. The normalized spacial score (nSPS) is 20.3. The van der Waals surface area contributed by atoms with Gasteiger partial charge in [0.1, 0.15) is 5.75 Å². The van der Waals surface area contributed by atoms with Gasteiger partial charge < -0.3 is 14.4 Å². The first kappa shape index (κ1) is 17.5. The van der Waals surface area contributed by atoms with Crippen molar-refractivity contribution in [2.75, 3.05) is 27.3 Å². The number of piperidine rings is 1. The van der Waals surface area contributed by atoms with E-state index in [0.717, 1.165) is 19.4 Å². The standard InChI is InChI=1S/C21H25NO3/c1-24-19-10-6-9-17(14-19)21(23)22-12-11-20(25-2)18(15-22)13-16-7-4-3-5-8-16/h3-10,14,18,20H,11-13,15H2,1-2H3/t18-,20-/m1/s1. The summed E-state index contributed by atoms with van der Waals surface area (Å²) in [7, 11) is 3.38. The van der Waals surface area contributed by atoms with Crippen molar-refractivity contribution in [2.24, 2.45) is 5.92 Å². The topological polar surface area (TPSA) is 38.8 Å². The first-order valence-electron chi connectivity index (χ1n) is 8.71. The predicted octanol–water partition coefficient (Wildman–Crippen LogP) is 3.42. The van der Waals surface area contributed by atoms with Crippen LogP contribution in [0.3, 0.4) is 0 Å². The molecule has 2 aromatic rings. The zero-order valence-corrected chi connectivity index (χ0v) is 14.9. The zero-order valence-electron chi connectivity index (χ0n) is 14.9. The third-order valence-electron chi connectivity index (χ3n) is 4.91. The molecule has 3 rings (SSSR count). The van der Waals surface area contributed by atoms with E-state index in [9.17, 15) is 4.79 Å². The van der Waals surface area contributed by atoms with E-state index in [0.29, 0.717) is 23.8 Å². The number of likely N-dealkylation sites (tertiary alicyclic amines) is 1. The Balaban J connectivity index is 1.73. The molecular weight excluding hydrogens is 314 g/mol. The minimum atomic E-state index is 0.0616. The molecule has 1 saturated heterocycles. The van der Waals surface area contributed by atoms with E-state index in [1.165, 1.54) is 5.56 Å². The number of amides is 1. The highest BCUT2D eigenvalue weighted by atomic mass is 16.5. The third-order valence-corrected chi connectivity index (χ3v) is 4.91. The maximum Gasteiger partial charge on any atom is 0.254 e. The fraction of sp³-hybridized carbons (Fsp3) is 0.381. The number of nitrogens with zero attached hydrogens (tertiary/aromatic N) is 1. The quantitative estimate of drug-likeness (QED) is 0.838. The number of methoxy groups -OCH3 is 2. The molecule has 4 heteroatoms. The van der Waals surface area contributed by atoms with E-state index >= 15 is 0 Å². The molecule has 1 heterocycles. The minimum Gasteiger partial charge on any atom is -0.497 e. The van der Waals surface area contributed by atoms with E-state index in [4.69, 9.17) is 9.47 Å². The van der Waals surface area contributed by atoms with Crippen LogP contribution >= 0.6 is 0 Å². The molecule has 2 atom stereocenters. The second-order valence-corrected chi connectivity index (χ2v) is 6.50. The average molecular weight is 339 g/mol. The summed E-state index contributed by atoms with van der Waals surface area (Å²) >= 11 is 0. The lowest BCUT2D eigenvalue weighted by atomic mass is 9.88. The Morgan fingerprint density at radius 1 is 1.12 bits per heavy atom. The number of rotatable bonds is 5. The molecule has 1 aliphatic heterocycles. The third kappa shape index (κ3) is 4.20. The van der Waals surface area contributed by atoms with Crippen LogP contribution in [0.5, 0.6) is 5.75 Å². The molecule has 25 heavy (non-hydrogen) atoms. The summed E-state index contributed by atoms with van der Waals surface area (Å²) in [6.45, 7) is 1.43. The van der Waals surface area contributed by atoms with Gasteiger partial charge in [-0.3, -0.25) is 4.79 Å². The second-order valence-electron chi connectivity index (χ2n) is 6.50. The molecule has 0 unspecified atom stereocenters. The van der Waals surface area contributed by atoms with Crippen molar-refractivity contribution in [2.45, 2.75) is 18.9 Å². The number of benzene rings is 2. The first-order chi connectivity index (χ1) is 12.2. The van der Waals surface area contributed by atoms with Crippen molar-refractivity contribution in [1.29, 1.82) is 0 Å². The van der Waals surface area contributed by atoms with Crippen LogP contribution in [0.2, 0.25) is 0 Å². The Hall–Kier alpha value is -2.33. The summed E-state index contributed by atoms with van der Waals surface area (Å²) in [5.74, 6) is 1.07. The molecule has 0 aliphatic carbocycles. The molecule has 1 fully saturated rings. The maximum atomic E-state index is 12.9. The van der Waals surface area contributed by atoms with Gasteiger partial charge in [0.05, 0.1) is 13.2 Å². The van der Waals surface area contributed by atoms with Gasteiger partial charge in [-0.2, -0.15) is 0 Å². The van der Waals surface area contributed by atoms with Crippen LogP contribution in [0.1, 0.15) is 22.3 Å². The summed E-state index contributed by atoms with van der Waals surface area (Å²) in [5, 5.41) is 0. The predicted molar refractivity (Wildman–Crippen MR) is 97.9 cm³/mol. The van der Waals surface area contributed by atoms with Gasteiger partial charge >= 0.3 is 0 Å². The minimum absolute atomic E-state index is 0.0616. The van der Waals surface area contributed by atoms with Crippen molar-refractivity contribution >= 4 is 5.91 Å². The lowest BCUT2D eigenvalue weighted by Crippen LogP contribution is -2.47. The number of hydrogen-bond donors (Lipinski definition) is 0. The monoisotopic (exact) mass is 339 g/mol. The molecule has 1 amide bonds. The summed E-state index contributed by atoms with van der Waals surface area (Å²) in [5.41, 5.74) is 1.96. The van der Waals surface area contributed by atoms with E-state index in [1.54, 1.807) is 20.3 Å². The number of carbonyl (C=O) groups excluding carboxylic acids is 1. The molecule has 132 valence electrons. The molecule has 4 nitrogen and oxygen atoms in total. The smallest absolute Gasteiger partial charge is 0.254 e. The number of carbonyl (C=O) groups is 1. The molecule has 2 aromatic carbocycles. The first-order valence-corrected chi connectivity index (χ1v) is 8.71. The average Bonchev–Trinajstić information content (AvgIpc) is 2.68.